The first-order valence-corrected chi connectivity index (χ1v) is 7.79. The van der Waals surface area contributed by atoms with Crippen molar-refractivity contribution in [3.05, 3.63) is 35.1 Å². The summed E-state index contributed by atoms with van der Waals surface area (Å²) in [7, 11) is 0. The molecule has 2 nitrogen and oxygen atoms in total. The van der Waals surface area contributed by atoms with Crippen molar-refractivity contribution in [2.45, 2.75) is 31.5 Å². The SMILES string of the molecule is Cl.Fc1cccc(C(F)(F)F)c1[C@H](C1CCC1)N1CCNCC1. The smallest absolute Gasteiger partial charge is 0.314 e. The van der Waals surface area contributed by atoms with Crippen LogP contribution < -0.4 is 5.32 Å². The van der Waals surface area contributed by atoms with Gasteiger partial charge >= 0.3 is 6.18 Å². The van der Waals surface area contributed by atoms with Gasteiger partial charge in [-0.1, -0.05) is 12.5 Å². The van der Waals surface area contributed by atoms with E-state index in [4.69, 9.17) is 0 Å². The third kappa shape index (κ3) is 3.80. The van der Waals surface area contributed by atoms with Gasteiger partial charge in [0.15, 0.2) is 0 Å². The van der Waals surface area contributed by atoms with E-state index in [1.54, 1.807) is 0 Å². The molecule has 2 aliphatic rings. The van der Waals surface area contributed by atoms with Crippen LogP contribution in [-0.2, 0) is 6.18 Å². The summed E-state index contributed by atoms with van der Waals surface area (Å²) in [6, 6.07) is 2.84. The molecule has 1 saturated heterocycles. The van der Waals surface area contributed by atoms with E-state index in [1.165, 1.54) is 0 Å². The largest absolute Gasteiger partial charge is 0.416 e. The van der Waals surface area contributed by atoms with Gasteiger partial charge < -0.3 is 5.32 Å². The zero-order valence-corrected chi connectivity index (χ0v) is 13.5. The predicted molar refractivity (Wildman–Crippen MR) is 83.2 cm³/mol. The number of benzene rings is 1. The minimum absolute atomic E-state index is 0. The molecule has 0 aromatic heterocycles. The minimum Gasteiger partial charge on any atom is -0.314 e. The van der Waals surface area contributed by atoms with Crippen LogP contribution in [0.3, 0.4) is 0 Å². The van der Waals surface area contributed by atoms with Crippen molar-refractivity contribution in [1.82, 2.24) is 10.2 Å². The highest BCUT2D eigenvalue weighted by molar-refractivity contribution is 5.85. The normalized spacial score (nSPS) is 21.4. The van der Waals surface area contributed by atoms with Crippen LogP contribution >= 0.6 is 12.4 Å². The van der Waals surface area contributed by atoms with Gasteiger partial charge in [0.05, 0.1) is 5.56 Å². The summed E-state index contributed by atoms with van der Waals surface area (Å²) < 4.78 is 54.4. The molecule has 7 heteroatoms. The molecule has 1 saturated carbocycles. The lowest BCUT2D eigenvalue weighted by Gasteiger charge is -2.44. The molecule has 0 amide bonds. The van der Waals surface area contributed by atoms with Gasteiger partial charge in [-0.25, -0.2) is 4.39 Å². The minimum atomic E-state index is -4.52. The van der Waals surface area contributed by atoms with Crippen molar-refractivity contribution >= 4 is 12.4 Å². The fraction of sp³-hybridized carbons (Fsp3) is 0.625. The highest BCUT2D eigenvalue weighted by Gasteiger charge is 2.42. The number of nitrogens with one attached hydrogen (secondary N) is 1. The topological polar surface area (TPSA) is 15.3 Å². The quantitative estimate of drug-likeness (QED) is 0.827. The Balaban J connectivity index is 0.00000192. The lowest BCUT2D eigenvalue weighted by atomic mass is 9.75. The Morgan fingerprint density at radius 1 is 1.13 bits per heavy atom. The number of halogens is 5. The maximum atomic E-state index is 14.4. The summed E-state index contributed by atoms with van der Waals surface area (Å²) in [5, 5.41) is 3.20. The molecule has 0 bridgehead atoms. The van der Waals surface area contributed by atoms with Crippen LogP contribution in [0.1, 0.15) is 36.4 Å². The van der Waals surface area contributed by atoms with E-state index in [2.05, 4.69) is 5.32 Å². The average Bonchev–Trinajstić information content (AvgIpc) is 2.43. The molecule has 1 aliphatic carbocycles. The van der Waals surface area contributed by atoms with E-state index < -0.39 is 23.6 Å². The molecule has 1 aromatic carbocycles. The van der Waals surface area contributed by atoms with Gasteiger partial charge in [-0.3, -0.25) is 4.90 Å². The summed E-state index contributed by atoms with van der Waals surface area (Å²) in [6.45, 7) is 2.79. The highest BCUT2D eigenvalue weighted by atomic mass is 35.5. The van der Waals surface area contributed by atoms with Gasteiger partial charge in [-0.15, -0.1) is 12.4 Å². The Labute approximate surface area is 139 Å². The van der Waals surface area contributed by atoms with Gasteiger partial charge in [0.2, 0.25) is 0 Å². The van der Waals surface area contributed by atoms with Crippen molar-refractivity contribution < 1.29 is 17.6 Å². The van der Waals surface area contributed by atoms with Crippen LogP contribution in [0.2, 0.25) is 0 Å². The van der Waals surface area contributed by atoms with E-state index in [-0.39, 0.29) is 23.9 Å². The molecule has 3 rings (SSSR count). The zero-order valence-electron chi connectivity index (χ0n) is 12.7. The fourth-order valence-electron chi connectivity index (χ4n) is 3.52. The van der Waals surface area contributed by atoms with Crippen LogP contribution in [0.4, 0.5) is 17.6 Å². The summed E-state index contributed by atoms with van der Waals surface area (Å²) in [5.41, 5.74) is -0.968. The Morgan fingerprint density at radius 2 is 1.78 bits per heavy atom. The van der Waals surface area contributed by atoms with E-state index >= 15 is 0 Å². The molecule has 1 atom stereocenters. The third-order valence-electron chi connectivity index (χ3n) is 4.80. The third-order valence-corrected chi connectivity index (χ3v) is 4.80. The van der Waals surface area contributed by atoms with Crippen LogP contribution in [0.5, 0.6) is 0 Å². The lowest BCUT2D eigenvalue weighted by Crippen LogP contribution is -2.48. The van der Waals surface area contributed by atoms with Crippen LogP contribution in [-0.4, -0.2) is 31.1 Å². The molecule has 23 heavy (non-hydrogen) atoms. The number of piperazine rings is 1. The molecule has 0 radical (unpaired) electrons. The maximum Gasteiger partial charge on any atom is 0.416 e. The average molecular weight is 353 g/mol. The molecule has 0 spiro atoms. The molecular weight excluding hydrogens is 332 g/mol. The highest BCUT2D eigenvalue weighted by Crippen LogP contribution is 2.46. The van der Waals surface area contributed by atoms with E-state index in [0.29, 0.717) is 13.1 Å². The molecule has 1 aromatic rings. The molecular formula is C16H21ClF4N2. The number of alkyl halides is 3. The summed E-state index contributed by atoms with van der Waals surface area (Å²) in [5.74, 6) is -0.610. The molecule has 1 heterocycles. The van der Waals surface area contributed by atoms with Gasteiger partial charge in [-0.05, 0) is 30.9 Å². The van der Waals surface area contributed by atoms with Crippen molar-refractivity contribution in [2.75, 3.05) is 26.2 Å². The number of nitrogens with zero attached hydrogens (tertiary/aromatic N) is 1. The number of rotatable bonds is 3. The Morgan fingerprint density at radius 3 is 2.30 bits per heavy atom. The van der Waals surface area contributed by atoms with Crippen LogP contribution in [0.15, 0.2) is 18.2 Å². The Kier molecular flexibility index (Phi) is 5.92. The first-order valence-electron chi connectivity index (χ1n) is 7.79. The van der Waals surface area contributed by atoms with Gasteiger partial charge in [0, 0.05) is 37.8 Å². The Hall–Kier alpha value is -0.850. The van der Waals surface area contributed by atoms with Gasteiger partial charge in [-0.2, -0.15) is 13.2 Å². The van der Waals surface area contributed by atoms with Gasteiger partial charge in [0.25, 0.3) is 0 Å². The number of hydrogen-bond acceptors (Lipinski definition) is 2. The molecule has 1 N–H and O–H groups in total. The molecule has 2 fully saturated rings. The van der Waals surface area contributed by atoms with Crippen LogP contribution in [0, 0.1) is 11.7 Å². The van der Waals surface area contributed by atoms with Crippen molar-refractivity contribution in [3.63, 3.8) is 0 Å². The van der Waals surface area contributed by atoms with Gasteiger partial charge in [0.1, 0.15) is 5.82 Å². The van der Waals surface area contributed by atoms with E-state index in [9.17, 15) is 17.6 Å². The predicted octanol–water partition coefficient (Wildman–Crippen LogP) is 4.01. The Bertz CT molecular complexity index is 525. The second kappa shape index (κ2) is 7.36. The second-order valence-corrected chi connectivity index (χ2v) is 6.12. The molecule has 130 valence electrons. The zero-order chi connectivity index (χ0) is 15.7. The van der Waals surface area contributed by atoms with Crippen LogP contribution in [0.25, 0.3) is 0 Å². The van der Waals surface area contributed by atoms with E-state index in [1.807, 2.05) is 4.90 Å². The van der Waals surface area contributed by atoms with Crippen molar-refractivity contribution in [1.29, 1.82) is 0 Å². The summed E-state index contributed by atoms with van der Waals surface area (Å²) in [4.78, 5) is 2.02. The number of hydrogen-bond donors (Lipinski definition) is 1. The van der Waals surface area contributed by atoms with Crippen molar-refractivity contribution in [2.24, 2.45) is 5.92 Å². The van der Waals surface area contributed by atoms with Crippen molar-refractivity contribution in [3.8, 4) is 0 Å². The monoisotopic (exact) mass is 352 g/mol. The fourth-order valence-corrected chi connectivity index (χ4v) is 3.52. The summed E-state index contributed by atoms with van der Waals surface area (Å²) >= 11 is 0. The van der Waals surface area contributed by atoms with E-state index in [0.717, 1.165) is 50.6 Å². The second-order valence-electron chi connectivity index (χ2n) is 6.12. The summed E-state index contributed by atoms with van der Waals surface area (Å²) in [6.07, 6.45) is -1.75. The first kappa shape index (κ1) is 18.5. The molecule has 0 unspecified atom stereocenters. The maximum absolute atomic E-state index is 14.4. The standard InChI is InChI=1S/C16H20F4N2.ClH/c17-13-6-2-5-12(16(18,19)20)14(13)15(11-3-1-4-11)22-9-7-21-8-10-22;/h2,5-6,11,15,21H,1,3-4,7-10H2;1H/t15-;/m0./s1. The lowest BCUT2D eigenvalue weighted by molar-refractivity contribution is -0.139. The first-order chi connectivity index (χ1) is 10.5. The molecule has 1 aliphatic heterocycles.